The first-order valence-electron chi connectivity index (χ1n) is 3.43. The van der Waals surface area contributed by atoms with Gasteiger partial charge in [-0.25, -0.2) is 0 Å². The van der Waals surface area contributed by atoms with Crippen molar-refractivity contribution >= 4 is 5.97 Å². The first kappa shape index (κ1) is 6.59. The second-order valence-electron chi connectivity index (χ2n) is 2.62. The van der Waals surface area contributed by atoms with Crippen molar-refractivity contribution in [3.63, 3.8) is 0 Å². The number of hydrogen-bond acceptors (Lipinski definition) is 2. The van der Waals surface area contributed by atoms with Crippen LogP contribution in [0.2, 0.25) is 0 Å². The standard InChI is InChI=1S/C7H12O2/c1-3-5(2)6-4-7(8)9-6/h5-6H,3-4H2,1-2H3. The molecule has 9 heavy (non-hydrogen) atoms. The second kappa shape index (κ2) is 2.38. The molecule has 2 heteroatoms. The summed E-state index contributed by atoms with van der Waals surface area (Å²) in [5.74, 6) is 0.503. The van der Waals surface area contributed by atoms with Gasteiger partial charge in [0.1, 0.15) is 6.10 Å². The van der Waals surface area contributed by atoms with Gasteiger partial charge in [-0.2, -0.15) is 0 Å². The summed E-state index contributed by atoms with van der Waals surface area (Å²) in [6.07, 6.45) is 1.95. The van der Waals surface area contributed by atoms with Crippen molar-refractivity contribution in [3.05, 3.63) is 0 Å². The number of carbonyl (C=O) groups excluding carboxylic acids is 1. The molecule has 0 saturated carbocycles. The molecular formula is C7H12O2. The molecule has 0 aromatic rings. The highest BCUT2D eigenvalue weighted by atomic mass is 16.6. The Balaban J connectivity index is 2.23. The summed E-state index contributed by atoms with van der Waals surface area (Å²) in [5.41, 5.74) is 0. The minimum absolute atomic E-state index is 0.0414. The second-order valence-corrected chi connectivity index (χ2v) is 2.62. The van der Waals surface area contributed by atoms with Crippen LogP contribution in [0.3, 0.4) is 0 Å². The van der Waals surface area contributed by atoms with Gasteiger partial charge in [-0.15, -0.1) is 0 Å². The molecule has 2 unspecified atom stereocenters. The van der Waals surface area contributed by atoms with Crippen LogP contribution in [0.5, 0.6) is 0 Å². The largest absolute Gasteiger partial charge is 0.461 e. The molecule has 52 valence electrons. The van der Waals surface area contributed by atoms with Gasteiger partial charge in [-0.3, -0.25) is 4.79 Å². The Morgan fingerprint density at radius 2 is 2.44 bits per heavy atom. The van der Waals surface area contributed by atoms with Crippen molar-refractivity contribution in [2.45, 2.75) is 32.8 Å². The van der Waals surface area contributed by atoms with E-state index < -0.39 is 0 Å². The predicted molar refractivity (Wildman–Crippen MR) is 34.0 cm³/mol. The molecule has 0 aromatic heterocycles. The lowest BCUT2D eigenvalue weighted by atomic mass is 9.96. The van der Waals surface area contributed by atoms with E-state index in [0.717, 1.165) is 6.42 Å². The number of rotatable bonds is 2. The quantitative estimate of drug-likeness (QED) is 0.525. The third-order valence-corrected chi connectivity index (χ3v) is 1.93. The van der Waals surface area contributed by atoms with Gasteiger partial charge >= 0.3 is 5.97 Å². The number of ether oxygens (including phenoxy) is 1. The van der Waals surface area contributed by atoms with Crippen molar-refractivity contribution in [3.8, 4) is 0 Å². The van der Waals surface area contributed by atoms with Crippen LogP contribution in [0.25, 0.3) is 0 Å². The minimum atomic E-state index is -0.0414. The average molecular weight is 128 g/mol. The third-order valence-electron chi connectivity index (χ3n) is 1.93. The summed E-state index contributed by atoms with van der Waals surface area (Å²) in [7, 11) is 0. The maximum absolute atomic E-state index is 10.3. The fourth-order valence-corrected chi connectivity index (χ4v) is 0.904. The van der Waals surface area contributed by atoms with Gasteiger partial charge in [-0.05, 0) is 5.92 Å². The Morgan fingerprint density at radius 3 is 2.78 bits per heavy atom. The highest BCUT2D eigenvalue weighted by molar-refractivity contribution is 5.75. The van der Waals surface area contributed by atoms with Crippen molar-refractivity contribution in [1.82, 2.24) is 0 Å². The molecule has 0 aliphatic carbocycles. The maximum Gasteiger partial charge on any atom is 0.309 e. The summed E-state index contributed by atoms with van der Waals surface area (Å²) in [4.78, 5) is 10.3. The molecule has 0 spiro atoms. The minimum Gasteiger partial charge on any atom is -0.461 e. The first-order valence-corrected chi connectivity index (χ1v) is 3.43. The number of esters is 1. The molecule has 1 saturated heterocycles. The van der Waals surface area contributed by atoms with E-state index >= 15 is 0 Å². The summed E-state index contributed by atoms with van der Waals surface area (Å²) in [6, 6.07) is 0. The van der Waals surface area contributed by atoms with Gasteiger partial charge in [-0.1, -0.05) is 20.3 Å². The van der Waals surface area contributed by atoms with E-state index in [0.29, 0.717) is 12.3 Å². The first-order chi connectivity index (χ1) is 4.24. The number of cyclic esters (lactones) is 1. The molecule has 1 fully saturated rings. The normalized spacial score (nSPS) is 28.7. The Morgan fingerprint density at radius 1 is 1.89 bits per heavy atom. The van der Waals surface area contributed by atoms with Crippen LogP contribution in [-0.4, -0.2) is 12.1 Å². The number of carbonyl (C=O) groups is 1. The van der Waals surface area contributed by atoms with Crippen LogP contribution in [0, 0.1) is 5.92 Å². The molecule has 1 heterocycles. The maximum atomic E-state index is 10.3. The monoisotopic (exact) mass is 128 g/mol. The van der Waals surface area contributed by atoms with Gasteiger partial charge in [0.15, 0.2) is 0 Å². The molecule has 2 nitrogen and oxygen atoms in total. The van der Waals surface area contributed by atoms with Crippen LogP contribution in [0.15, 0.2) is 0 Å². The highest BCUT2D eigenvalue weighted by Crippen LogP contribution is 2.23. The van der Waals surface area contributed by atoms with Crippen LogP contribution in [0.1, 0.15) is 26.7 Å². The van der Waals surface area contributed by atoms with Gasteiger partial charge in [0, 0.05) is 0 Å². The molecule has 0 N–H and O–H groups in total. The van der Waals surface area contributed by atoms with Gasteiger partial charge in [0.25, 0.3) is 0 Å². The molecule has 1 aliphatic heterocycles. The van der Waals surface area contributed by atoms with Crippen molar-refractivity contribution in [2.24, 2.45) is 5.92 Å². The zero-order chi connectivity index (χ0) is 6.85. The van der Waals surface area contributed by atoms with E-state index in [2.05, 4.69) is 13.8 Å². The smallest absolute Gasteiger partial charge is 0.309 e. The van der Waals surface area contributed by atoms with E-state index in [4.69, 9.17) is 4.74 Å². The van der Waals surface area contributed by atoms with Gasteiger partial charge < -0.3 is 4.74 Å². The van der Waals surface area contributed by atoms with Crippen LogP contribution in [-0.2, 0) is 9.53 Å². The molecule has 1 rings (SSSR count). The summed E-state index contributed by atoms with van der Waals surface area (Å²) < 4.78 is 4.85. The molecule has 0 radical (unpaired) electrons. The predicted octanol–water partition coefficient (Wildman–Crippen LogP) is 1.35. The molecule has 0 amide bonds. The lowest BCUT2D eigenvalue weighted by Crippen LogP contribution is -2.37. The number of hydrogen-bond donors (Lipinski definition) is 0. The lowest BCUT2D eigenvalue weighted by Gasteiger charge is -2.29. The highest BCUT2D eigenvalue weighted by Gasteiger charge is 2.31. The van der Waals surface area contributed by atoms with Gasteiger partial charge in [0.2, 0.25) is 0 Å². The van der Waals surface area contributed by atoms with Gasteiger partial charge in [0.05, 0.1) is 6.42 Å². The van der Waals surface area contributed by atoms with Crippen molar-refractivity contribution in [1.29, 1.82) is 0 Å². The van der Waals surface area contributed by atoms with E-state index in [1.54, 1.807) is 0 Å². The van der Waals surface area contributed by atoms with E-state index in [9.17, 15) is 4.79 Å². The zero-order valence-corrected chi connectivity index (χ0v) is 5.89. The third kappa shape index (κ3) is 1.23. The van der Waals surface area contributed by atoms with Crippen LogP contribution < -0.4 is 0 Å². The Hall–Kier alpha value is -0.530. The summed E-state index contributed by atoms with van der Waals surface area (Å²) in [6.45, 7) is 4.22. The lowest BCUT2D eigenvalue weighted by molar-refractivity contribution is -0.174. The van der Waals surface area contributed by atoms with E-state index in [1.807, 2.05) is 0 Å². The van der Waals surface area contributed by atoms with E-state index in [1.165, 1.54) is 0 Å². The zero-order valence-electron chi connectivity index (χ0n) is 5.89. The van der Waals surface area contributed by atoms with Crippen LogP contribution in [0.4, 0.5) is 0 Å². The van der Waals surface area contributed by atoms with E-state index in [-0.39, 0.29) is 12.1 Å². The molecular weight excluding hydrogens is 116 g/mol. The summed E-state index contributed by atoms with van der Waals surface area (Å²) in [5, 5.41) is 0. The Labute approximate surface area is 55.2 Å². The Bertz CT molecular complexity index is 112. The molecule has 0 aromatic carbocycles. The molecule has 1 aliphatic rings. The summed E-state index contributed by atoms with van der Waals surface area (Å²) >= 11 is 0. The average Bonchev–Trinajstić information content (AvgIpc) is 1.79. The fraction of sp³-hybridized carbons (Fsp3) is 0.857. The molecule has 2 atom stereocenters. The topological polar surface area (TPSA) is 26.3 Å². The molecule has 0 bridgehead atoms. The van der Waals surface area contributed by atoms with Crippen molar-refractivity contribution in [2.75, 3.05) is 0 Å². The SMILES string of the molecule is CCC(C)C1CC(=O)O1. The fourth-order valence-electron chi connectivity index (χ4n) is 0.904. The van der Waals surface area contributed by atoms with Crippen LogP contribution >= 0.6 is 0 Å². The van der Waals surface area contributed by atoms with Crippen molar-refractivity contribution < 1.29 is 9.53 Å². The Kier molecular flexibility index (Phi) is 1.74.